The Morgan fingerprint density at radius 3 is 1.15 bits per heavy atom. The lowest BCUT2D eigenvalue weighted by Gasteiger charge is -2.28. The molecule has 0 spiro atoms. The first-order valence-electron chi connectivity index (χ1n) is 13.1. The number of benzene rings is 5. The van der Waals surface area contributed by atoms with E-state index in [1.165, 1.54) is 14.2 Å². The Hall–Kier alpha value is -3.98. The van der Waals surface area contributed by atoms with Gasteiger partial charge >= 0.3 is 7.82 Å². The topological polar surface area (TPSA) is 54.0 Å². The Morgan fingerprint density at radius 2 is 0.805 bits per heavy atom. The lowest BCUT2D eigenvalue weighted by Crippen LogP contribution is -2.32. The molecule has 7 heteroatoms. The van der Waals surface area contributed by atoms with E-state index in [0.717, 1.165) is 21.5 Å². The molecule has 41 heavy (non-hydrogen) atoms. The maximum absolute atomic E-state index is 13.5. The highest BCUT2D eigenvalue weighted by atomic mass is 31.2. The second kappa shape index (κ2) is 13.1. The van der Waals surface area contributed by atoms with Gasteiger partial charge in [0.1, 0.15) is 15.9 Å². The van der Waals surface area contributed by atoms with E-state index < -0.39 is 15.3 Å². The van der Waals surface area contributed by atoms with Crippen LogP contribution < -0.4 is 15.9 Å². The Labute approximate surface area is 242 Å². The van der Waals surface area contributed by atoms with Crippen LogP contribution in [0.1, 0.15) is 11.1 Å². The molecule has 0 aliphatic carbocycles. The summed E-state index contributed by atoms with van der Waals surface area (Å²) < 4.78 is 37.6. The van der Waals surface area contributed by atoms with Gasteiger partial charge in [0.05, 0.1) is 0 Å². The molecule has 5 aromatic rings. The van der Waals surface area contributed by atoms with E-state index in [9.17, 15) is 4.57 Å². The third kappa shape index (κ3) is 6.20. The third-order valence-electron chi connectivity index (χ3n) is 6.52. The van der Waals surface area contributed by atoms with Crippen LogP contribution in [0.2, 0.25) is 0 Å². The molecule has 5 aromatic carbocycles. The highest BCUT2D eigenvalue weighted by Gasteiger charge is 2.51. The minimum absolute atomic E-state index is 0.246. The summed E-state index contributed by atoms with van der Waals surface area (Å²) in [5, 5.41) is 3.04. The summed E-state index contributed by atoms with van der Waals surface area (Å²) >= 11 is 0. The quantitative estimate of drug-likeness (QED) is 0.0903. The van der Waals surface area contributed by atoms with E-state index in [0.29, 0.717) is 11.3 Å². The van der Waals surface area contributed by atoms with E-state index in [-0.39, 0.29) is 5.76 Å². The smallest absolute Gasteiger partial charge is 0.399 e. The van der Waals surface area contributed by atoms with E-state index in [1.54, 1.807) is 0 Å². The van der Waals surface area contributed by atoms with Crippen LogP contribution in [0.4, 0.5) is 0 Å². The van der Waals surface area contributed by atoms with Crippen LogP contribution in [0.3, 0.4) is 0 Å². The van der Waals surface area contributed by atoms with Crippen LogP contribution in [0, 0.1) is 0 Å². The van der Waals surface area contributed by atoms with Crippen molar-refractivity contribution in [1.29, 1.82) is 0 Å². The Bertz CT molecular complexity index is 1510. The van der Waals surface area contributed by atoms with Crippen LogP contribution in [-0.2, 0) is 22.7 Å². The van der Waals surface area contributed by atoms with E-state index >= 15 is 0 Å². The molecular formula is C34H31O5P2+. The molecule has 0 saturated carbocycles. The SMILES string of the molecule is COP(=O)(OC)O/C(=C(/O[P+](c1ccccc1)(c1ccccc1)c1ccccc1)c1ccccc1)c1ccccc1. The zero-order chi connectivity index (χ0) is 28.5. The molecule has 0 radical (unpaired) electrons. The van der Waals surface area contributed by atoms with Crippen LogP contribution >= 0.6 is 15.3 Å². The number of phosphoric ester groups is 1. The van der Waals surface area contributed by atoms with Crippen molar-refractivity contribution in [2.75, 3.05) is 14.2 Å². The molecule has 0 aliphatic heterocycles. The molecule has 0 amide bonds. The Balaban J connectivity index is 1.88. The first-order chi connectivity index (χ1) is 20.1. The van der Waals surface area contributed by atoms with Crippen LogP contribution in [0.25, 0.3) is 11.5 Å². The summed E-state index contributed by atoms with van der Waals surface area (Å²) in [7, 11) is -4.23. The monoisotopic (exact) mass is 581 g/mol. The van der Waals surface area contributed by atoms with Crippen molar-refractivity contribution in [3.05, 3.63) is 163 Å². The summed E-state index contributed by atoms with van der Waals surface area (Å²) in [5.41, 5.74) is 1.41. The maximum Gasteiger partial charge on any atom is 0.529 e. The van der Waals surface area contributed by atoms with Crippen molar-refractivity contribution in [1.82, 2.24) is 0 Å². The Morgan fingerprint density at radius 1 is 0.488 bits per heavy atom. The van der Waals surface area contributed by atoms with Gasteiger partial charge in [0, 0.05) is 25.3 Å². The maximum atomic E-state index is 13.5. The molecule has 0 unspecified atom stereocenters. The van der Waals surface area contributed by atoms with Gasteiger partial charge in [-0.15, -0.1) is 0 Å². The van der Waals surface area contributed by atoms with Crippen LogP contribution in [0.5, 0.6) is 0 Å². The first kappa shape index (κ1) is 28.5. The highest BCUT2D eigenvalue weighted by molar-refractivity contribution is 7.92. The van der Waals surface area contributed by atoms with E-state index in [2.05, 4.69) is 36.4 Å². The van der Waals surface area contributed by atoms with Gasteiger partial charge in [0.15, 0.2) is 5.76 Å². The second-order valence-electron chi connectivity index (χ2n) is 9.00. The fourth-order valence-electron chi connectivity index (χ4n) is 4.55. The number of phosphoric acid groups is 1. The minimum Gasteiger partial charge on any atom is -0.399 e. The van der Waals surface area contributed by atoms with Gasteiger partial charge < -0.3 is 9.05 Å². The Kier molecular flexibility index (Phi) is 9.14. The third-order valence-corrected chi connectivity index (χ3v) is 11.3. The van der Waals surface area contributed by atoms with Crippen molar-refractivity contribution < 1.29 is 22.7 Å². The van der Waals surface area contributed by atoms with Gasteiger partial charge in [0.2, 0.25) is 5.76 Å². The average molecular weight is 582 g/mol. The van der Waals surface area contributed by atoms with Gasteiger partial charge in [-0.2, -0.15) is 0 Å². The van der Waals surface area contributed by atoms with Crippen molar-refractivity contribution in [3.8, 4) is 0 Å². The standard InChI is InChI=1S/C34H31O5P2/c1-36-41(35,37-2)39-34(29-20-10-4-11-21-29)33(28-18-8-3-9-19-28)38-40(30-22-12-5-13-23-30,31-24-14-6-15-25-31)32-26-16-7-17-27-32/h3-27H,1-2H3/q+1/b34-33+. The second-order valence-corrected chi connectivity index (χ2v) is 13.8. The van der Waals surface area contributed by atoms with E-state index in [4.69, 9.17) is 18.1 Å². The predicted octanol–water partition coefficient (Wildman–Crippen LogP) is 7.86. The molecule has 206 valence electrons. The van der Waals surface area contributed by atoms with Gasteiger partial charge in [-0.1, -0.05) is 115 Å². The fraction of sp³-hybridized carbons (Fsp3) is 0.0588. The molecule has 0 aromatic heterocycles. The summed E-state index contributed by atoms with van der Waals surface area (Å²) in [5.74, 6) is 0.659. The lowest BCUT2D eigenvalue weighted by atomic mass is 10.1. The molecule has 5 rings (SSSR count). The molecule has 0 N–H and O–H groups in total. The van der Waals surface area contributed by atoms with E-state index in [1.807, 2.05) is 115 Å². The molecule has 0 heterocycles. The molecule has 0 aliphatic rings. The summed E-state index contributed by atoms with van der Waals surface area (Å²) in [6, 6.07) is 49.8. The summed E-state index contributed by atoms with van der Waals surface area (Å²) in [4.78, 5) is 0. The molecule has 5 nitrogen and oxygen atoms in total. The first-order valence-corrected chi connectivity index (χ1v) is 16.3. The van der Waals surface area contributed by atoms with Gasteiger partial charge in [-0.05, 0) is 36.4 Å². The molecular weight excluding hydrogens is 550 g/mol. The van der Waals surface area contributed by atoms with Crippen molar-refractivity contribution in [2.24, 2.45) is 0 Å². The van der Waals surface area contributed by atoms with Gasteiger partial charge in [-0.25, -0.2) is 4.57 Å². The van der Waals surface area contributed by atoms with Gasteiger partial charge in [-0.3, -0.25) is 9.05 Å². The average Bonchev–Trinajstić information content (AvgIpc) is 3.06. The predicted molar refractivity (Wildman–Crippen MR) is 169 cm³/mol. The number of hydrogen-bond acceptors (Lipinski definition) is 5. The van der Waals surface area contributed by atoms with Crippen LogP contribution in [-0.4, -0.2) is 14.2 Å². The molecule has 0 fully saturated rings. The van der Waals surface area contributed by atoms with Crippen LogP contribution in [0.15, 0.2) is 152 Å². The lowest BCUT2D eigenvalue weighted by molar-refractivity contribution is 0.200. The van der Waals surface area contributed by atoms with Crippen molar-refractivity contribution in [2.45, 2.75) is 0 Å². The zero-order valence-electron chi connectivity index (χ0n) is 22.9. The minimum atomic E-state index is -3.98. The van der Waals surface area contributed by atoms with Crippen molar-refractivity contribution >= 4 is 42.7 Å². The molecule has 0 bridgehead atoms. The fourth-order valence-corrected chi connectivity index (χ4v) is 8.71. The number of rotatable bonds is 11. The normalized spacial score (nSPS) is 12.3. The molecule has 0 saturated heterocycles. The summed E-state index contributed by atoms with van der Waals surface area (Å²) in [6.07, 6.45) is 0. The van der Waals surface area contributed by atoms with Gasteiger partial charge in [0.25, 0.3) is 7.49 Å². The van der Waals surface area contributed by atoms with Crippen molar-refractivity contribution in [3.63, 3.8) is 0 Å². The summed E-state index contributed by atoms with van der Waals surface area (Å²) in [6.45, 7) is 0. The number of hydrogen-bond donors (Lipinski definition) is 0. The largest absolute Gasteiger partial charge is 0.529 e. The zero-order valence-corrected chi connectivity index (χ0v) is 24.7. The highest BCUT2D eigenvalue weighted by Crippen LogP contribution is 2.61. The molecule has 0 atom stereocenters.